The van der Waals surface area contributed by atoms with Gasteiger partial charge in [-0.3, -0.25) is 9.79 Å². The van der Waals surface area contributed by atoms with Crippen LogP contribution in [0.3, 0.4) is 0 Å². The Morgan fingerprint density at radius 1 is 1.40 bits per heavy atom. The van der Waals surface area contributed by atoms with Crippen LogP contribution in [0, 0.1) is 0 Å². The molecule has 0 spiro atoms. The molecule has 1 atom stereocenters. The summed E-state index contributed by atoms with van der Waals surface area (Å²) < 4.78 is 0. The minimum atomic E-state index is -1.33. The van der Waals surface area contributed by atoms with Gasteiger partial charge < -0.3 is 21.1 Å². The van der Waals surface area contributed by atoms with E-state index in [1.54, 1.807) is 0 Å². The van der Waals surface area contributed by atoms with Crippen LogP contribution >= 0.6 is 0 Å². The van der Waals surface area contributed by atoms with Gasteiger partial charge in [0.15, 0.2) is 0 Å². The fourth-order valence-corrected chi connectivity index (χ4v) is 0.730. The van der Waals surface area contributed by atoms with E-state index in [1.807, 2.05) is 0 Å². The largest absolute Gasteiger partial charge is 1.00 e. The molecule has 0 saturated carbocycles. The van der Waals surface area contributed by atoms with Crippen molar-refractivity contribution in [2.45, 2.75) is 18.9 Å². The van der Waals surface area contributed by atoms with Crippen molar-refractivity contribution in [1.29, 1.82) is 0 Å². The topological polar surface area (TPSA) is 136 Å². The number of nitrogens with two attached hydrogens (primary N) is 1. The van der Waals surface area contributed by atoms with Gasteiger partial charge in [-0.1, -0.05) is 0 Å². The monoisotopic (exact) mass is 210 g/mol. The number of carboxylic acids is 2. The molecular weight excluding hydrogens is 199 g/mol. The van der Waals surface area contributed by atoms with Crippen molar-refractivity contribution in [2.75, 3.05) is 6.54 Å². The van der Waals surface area contributed by atoms with Crippen molar-refractivity contribution in [3.8, 4) is 0 Å². The molecule has 0 bridgehead atoms. The fraction of sp³-hybridized carbons (Fsp3) is 0.571. The van der Waals surface area contributed by atoms with E-state index in [0.29, 0.717) is 0 Å². The predicted molar refractivity (Wildman–Crippen MR) is 44.8 cm³/mol. The summed E-state index contributed by atoms with van der Waals surface area (Å²) in [5.74, 6) is -3.21. The quantitative estimate of drug-likeness (QED) is 0.228. The molecule has 0 saturated heterocycles. The molecule has 0 aromatic rings. The van der Waals surface area contributed by atoms with E-state index in [1.165, 1.54) is 0 Å². The van der Waals surface area contributed by atoms with Crippen molar-refractivity contribution in [2.24, 2.45) is 10.7 Å². The molecule has 0 radical (unpaired) electrons. The van der Waals surface area contributed by atoms with E-state index in [2.05, 4.69) is 4.99 Å². The Labute approximate surface area is 98.2 Å². The van der Waals surface area contributed by atoms with Gasteiger partial charge in [-0.15, -0.1) is 0 Å². The predicted octanol–water partition coefficient (Wildman–Crippen LogP) is -4.97. The summed E-state index contributed by atoms with van der Waals surface area (Å²) >= 11 is 0. The zero-order valence-corrected chi connectivity index (χ0v) is 8.34. The maximum atomic E-state index is 10.7. The average molecular weight is 210 g/mol. The molecule has 15 heavy (non-hydrogen) atoms. The van der Waals surface area contributed by atoms with E-state index in [0.717, 1.165) is 0 Å². The molecule has 4 N–H and O–H groups in total. The van der Waals surface area contributed by atoms with Crippen LogP contribution in [-0.4, -0.2) is 40.6 Å². The number of nitrogens with zero attached hydrogens (tertiary/aromatic N) is 1. The Bertz CT molecular complexity index is 256. The maximum absolute atomic E-state index is 10.7. The van der Waals surface area contributed by atoms with Crippen LogP contribution in [0.1, 0.15) is 12.8 Å². The Balaban J connectivity index is 0. The smallest absolute Gasteiger partial charge is 0.861 e. The van der Waals surface area contributed by atoms with Crippen LogP contribution in [0.15, 0.2) is 4.99 Å². The van der Waals surface area contributed by atoms with Crippen LogP contribution in [-0.2, 0) is 9.59 Å². The van der Waals surface area contributed by atoms with Crippen molar-refractivity contribution < 1.29 is 43.8 Å². The number of hydrogen-bond donors (Lipinski definition) is 3. The van der Waals surface area contributed by atoms with E-state index in [-0.39, 0.29) is 38.2 Å². The summed E-state index contributed by atoms with van der Waals surface area (Å²) in [5, 5.41) is 27.5. The van der Waals surface area contributed by atoms with Gasteiger partial charge in [-0.2, -0.15) is 0 Å². The second-order valence-corrected chi connectivity index (χ2v) is 2.51. The van der Waals surface area contributed by atoms with Crippen LogP contribution in [0.4, 0.5) is 0 Å². The van der Waals surface area contributed by atoms with Gasteiger partial charge in [0.25, 0.3) is 0 Å². The second-order valence-electron chi connectivity index (χ2n) is 2.51. The first-order valence-corrected chi connectivity index (χ1v) is 3.85. The van der Waals surface area contributed by atoms with Crippen LogP contribution in [0.5, 0.6) is 0 Å². The van der Waals surface area contributed by atoms with Gasteiger partial charge >= 0.3 is 30.8 Å². The van der Waals surface area contributed by atoms with Crippen molar-refractivity contribution in [3.63, 3.8) is 0 Å². The molecule has 0 fully saturated rings. The van der Waals surface area contributed by atoms with Gasteiger partial charge in [0.1, 0.15) is 6.04 Å². The summed E-state index contributed by atoms with van der Waals surface area (Å²) in [7, 11) is 0. The Kier molecular flexibility index (Phi) is 9.06. The zero-order chi connectivity index (χ0) is 11.1. The second kappa shape index (κ2) is 8.29. The minimum absolute atomic E-state index is 0. The molecule has 0 amide bonds. The molecule has 80 valence electrons. The van der Waals surface area contributed by atoms with E-state index < -0.39 is 23.9 Å². The standard InChI is InChI=1S/C7H12N2O5.Li/c8-3-5(10)9-4(7(13)14)1-2-6(11)12;/h4H,1-3,8H2,(H,9,10)(H,11,12)(H,13,14);/q;+1/p-1/t4-;/m0./s1. The summed E-state index contributed by atoms with van der Waals surface area (Å²) in [5.41, 5.74) is 4.92. The summed E-state index contributed by atoms with van der Waals surface area (Å²) in [6, 6.07) is -1.32. The first-order chi connectivity index (χ1) is 6.47. The molecule has 0 unspecified atom stereocenters. The molecule has 0 aromatic heterocycles. The average Bonchev–Trinajstić information content (AvgIpc) is 2.10. The first-order valence-electron chi connectivity index (χ1n) is 3.85. The molecule has 0 aliphatic heterocycles. The van der Waals surface area contributed by atoms with E-state index in [4.69, 9.17) is 15.9 Å². The van der Waals surface area contributed by atoms with Crippen LogP contribution < -0.4 is 29.7 Å². The van der Waals surface area contributed by atoms with Crippen molar-refractivity contribution >= 4 is 17.8 Å². The SMILES string of the molecule is NCC([O-])=N[C@@H](CCC(=O)O)C(=O)O.[Li+]. The van der Waals surface area contributed by atoms with Gasteiger partial charge in [-0.25, -0.2) is 4.79 Å². The summed E-state index contributed by atoms with van der Waals surface area (Å²) in [4.78, 5) is 23.9. The number of aliphatic carboxylic acids is 2. The Morgan fingerprint density at radius 2 is 1.93 bits per heavy atom. The number of rotatable bonds is 6. The Morgan fingerprint density at radius 3 is 2.27 bits per heavy atom. The zero-order valence-electron chi connectivity index (χ0n) is 8.34. The van der Waals surface area contributed by atoms with Gasteiger partial charge in [0, 0.05) is 13.0 Å². The Hall–Kier alpha value is -1.03. The third-order valence-corrected chi connectivity index (χ3v) is 1.39. The molecule has 7 nitrogen and oxygen atoms in total. The van der Waals surface area contributed by atoms with Gasteiger partial charge in [0.2, 0.25) is 0 Å². The number of carbonyl (C=O) groups is 2. The third-order valence-electron chi connectivity index (χ3n) is 1.39. The van der Waals surface area contributed by atoms with E-state index >= 15 is 0 Å². The minimum Gasteiger partial charge on any atom is -0.861 e. The third kappa shape index (κ3) is 8.00. The summed E-state index contributed by atoms with van der Waals surface area (Å²) in [6.45, 7) is -0.378. The molecule has 0 aromatic carbocycles. The van der Waals surface area contributed by atoms with Gasteiger partial charge in [-0.05, 0) is 12.3 Å². The van der Waals surface area contributed by atoms with E-state index in [9.17, 15) is 14.7 Å². The normalized spacial score (nSPS) is 12.7. The van der Waals surface area contributed by atoms with Gasteiger partial charge in [0.05, 0.1) is 0 Å². The van der Waals surface area contributed by atoms with Crippen LogP contribution in [0.2, 0.25) is 0 Å². The summed E-state index contributed by atoms with van der Waals surface area (Å²) in [6.07, 6.45) is -0.561. The first kappa shape index (κ1) is 16.4. The van der Waals surface area contributed by atoms with Crippen molar-refractivity contribution in [3.05, 3.63) is 0 Å². The molecular formula is C7H11LiN2O5. The number of aliphatic imine (C=N–C) groups is 1. The van der Waals surface area contributed by atoms with Crippen molar-refractivity contribution in [1.82, 2.24) is 0 Å². The number of carboxylic acid groups (broad SMARTS) is 2. The molecule has 8 heteroatoms. The molecule has 0 aliphatic carbocycles. The number of hydrogen-bond acceptors (Lipinski definition) is 5. The fourth-order valence-electron chi connectivity index (χ4n) is 0.730. The molecule has 0 rings (SSSR count). The maximum Gasteiger partial charge on any atom is 1.00 e. The molecule has 0 aliphatic rings. The molecule has 0 heterocycles. The van der Waals surface area contributed by atoms with Crippen LogP contribution in [0.25, 0.3) is 0 Å².